The van der Waals surface area contributed by atoms with E-state index in [1.54, 1.807) is 12.4 Å². The van der Waals surface area contributed by atoms with Crippen molar-refractivity contribution in [2.24, 2.45) is 0 Å². The number of hydrogen-bond acceptors (Lipinski definition) is 8. The molecule has 8 nitrogen and oxygen atoms in total. The van der Waals surface area contributed by atoms with E-state index >= 15 is 0 Å². The van der Waals surface area contributed by atoms with Crippen LogP contribution < -0.4 is 0 Å². The third kappa shape index (κ3) is 6.77. The third-order valence-electron chi connectivity index (χ3n) is 13.2. The van der Waals surface area contributed by atoms with Crippen molar-refractivity contribution in [2.45, 2.75) is 11.8 Å². The molecule has 7 aromatic carbocycles. The molecule has 4 heterocycles. The van der Waals surface area contributed by atoms with Gasteiger partial charge in [0.25, 0.3) is 0 Å². The highest BCUT2D eigenvalue weighted by Crippen LogP contribution is 2.56. The molecule has 14 rings (SSSR count). The molecule has 0 radical (unpaired) electrons. The highest BCUT2D eigenvalue weighted by Gasteiger charge is 2.41. The molecule has 8 heteroatoms. The molecule has 2 unspecified atom stereocenters. The fourth-order valence-electron chi connectivity index (χ4n) is 10.1. The van der Waals surface area contributed by atoms with Crippen LogP contribution in [0.3, 0.4) is 0 Å². The van der Waals surface area contributed by atoms with E-state index in [1.165, 1.54) is 33.4 Å². The molecule has 4 aromatic heterocycles. The van der Waals surface area contributed by atoms with E-state index in [2.05, 4.69) is 107 Å². The average Bonchev–Trinajstić information content (AvgIpc) is 3.43. The minimum Gasteiger partial charge on any atom is -0.264 e. The number of benzene rings is 7. The van der Waals surface area contributed by atoms with Crippen LogP contribution in [0.15, 0.2) is 219 Å². The van der Waals surface area contributed by atoms with Crippen LogP contribution >= 0.6 is 0 Å². The van der Waals surface area contributed by atoms with Crippen molar-refractivity contribution in [3.05, 3.63) is 252 Å². The van der Waals surface area contributed by atoms with E-state index in [1.807, 2.05) is 109 Å². The summed E-state index contributed by atoms with van der Waals surface area (Å²) in [5.41, 5.74) is 17.2. The molecule has 11 aromatic rings. The maximum Gasteiger partial charge on any atom is 0.164 e. The van der Waals surface area contributed by atoms with Crippen LogP contribution in [0, 0.1) is 0 Å². The Morgan fingerprint density at radius 3 is 0.985 bits per heavy atom. The molecule has 3 aliphatic carbocycles. The van der Waals surface area contributed by atoms with Gasteiger partial charge in [-0.25, -0.2) is 29.9 Å². The predicted molar refractivity (Wildman–Crippen MR) is 267 cm³/mol. The lowest BCUT2D eigenvalue weighted by Crippen LogP contribution is -2.27. The van der Waals surface area contributed by atoms with E-state index in [0.717, 1.165) is 55.6 Å². The van der Waals surface area contributed by atoms with Crippen molar-refractivity contribution in [3.63, 3.8) is 0 Å². The van der Waals surface area contributed by atoms with Gasteiger partial charge in [-0.2, -0.15) is 0 Å². The predicted octanol–water partition coefficient (Wildman–Crippen LogP) is 13.2. The molecule has 0 aliphatic heterocycles. The van der Waals surface area contributed by atoms with Gasteiger partial charge in [0.15, 0.2) is 34.9 Å². The van der Waals surface area contributed by atoms with Crippen molar-refractivity contribution >= 4 is 0 Å². The summed E-state index contributed by atoms with van der Waals surface area (Å²) in [6.45, 7) is 0. The van der Waals surface area contributed by atoms with Crippen molar-refractivity contribution in [3.8, 4) is 90.6 Å². The summed E-state index contributed by atoms with van der Waals surface area (Å²) in [5, 5.41) is 0. The van der Waals surface area contributed by atoms with E-state index < -0.39 is 0 Å². The Morgan fingerprint density at radius 2 is 0.574 bits per heavy atom. The topological polar surface area (TPSA) is 103 Å². The van der Waals surface area contributed by atoms with E-state index in [-0.39, 0.29) is 11.8 Å². The van der Waals surface area contributed by atoms with E-state index in [9.17, 15) is 0 Å². The van der Waals surface area contributed by atoms with Gasteiger partial charge >= 0.3 is 0 Å². The summed E-state index contributed by atoms with van der Waals surface area (Å²) < 4.78 is 0. The van der Waals surface area contributed by atoms with Crippen molar-refractivity contribution in [1.82, 2.24) is 39.9 Å². The zero-order valence-electron chi connectivity index (χ0n) is 36.5. The smallest absolute Gasteiger partial charge is 0.164 e. The molecule has 318 valence electrons. The molecule has 2 atom stereocenters. The van der Waals surface area contributed by atoms with Crippen LogP contribution in [0.2, 0.25) is 0 Å². The van der Waals surface area contributed by atoms with Crippen LogP contribution in [-0.4, -0.2) is 39.9 Å². The quantitative estimate of drug-likeness (QED) is 0.149. The van der Waals surface area contributed by atoms with Gasteiger partial charge in [0.1, 0.15) is 0 Å². The van der Waals surface area contributed by atoms with E-state index in [0.29, 0.717) is 34.9 Å². The first kappa shape index (κ1) is 39.2. The number of nitrogens with zero attached hydrogens (tertiary/aromatic N) is 8. The number of pyridine rings is 2. The minimum absolute atomic E-state index is 0.00318. The SMILES string of the molecule is c1ccc(-c2nc(-c3ccc4c(c3)C3c5ccccc5C4c4cc(-c5nc(-c6ccccc6)nc(-c6ccccc6-c6cccnc6)n5)ccc43)nc(-c3ccccc3-c3cccnc3)n2)cc1. The van der Waals surface area contributed by atoms with Gasteiger partial charge in [-0.3, -0.25) is 9.97 Å². The number of aromatic nitrogens is 8. The number of hydrogen-bond donors (Lipinski definition) is 0. The summed E-state index contributed by atoms with van der Waals surface area (Å²) in [4.78, 5) is 39.9. The Morgan fingerprint density at radius 1 is 0.235 bits per heavy atom. The second-order valence-corrected chi connectivity index (χ2v) is 17.1. The minimum atomic E-state index is -0.00318. The Kier molecular flexibility index (Phi) is 9.45. The first-order valence-corrected chi connectivity index (χ1v) is 22.7. The maximum absolute atomic E-state index is 5.25. The lowest BCUT2D eigenvalue weighted by Gasteiger charge is -2.42. The molecule has 68 heavy (non-hydrogen) atoms. The molecule has 2 bridgehead atoms. The average molecular weight is 871 g/mol. The van der Waals surface area contributed by atoms with Crippen LogP contribution in [-0.2, 0) is 0 Å². The summed E-state index contributed by atoms with van der Waals surface area (Å²) in [5.74, 6) is 3.67. The van der Waals surface area contributed by atoms with Crippen molar-refractivity contribution in [1.29, 1.82) is 0 Å². The van der Waals surface area contributed by atoms with Gasteiger partial charge in [0.2, 0.25) is 0 Å². The summed E-state index contributed by atoms with van der Waals surface area (Å²) in [7, 11) is 0. The van der Waals surface area contributed by atoms with Crippen LogP contribution in [0.1, 0.15) is 45.2 Å². The largest absolute Gasteiger partial charge is 0.264 e. The van der Waals surface area contributed by atoms with Gasteiger partial charge in [-0.1, -0.05) is 170 Å². The second-order valence-electron chi connectivity index (χ2n) is 17.1. The maximum atomic E-state index is 5.25. The summed E-state index contributed by atoms with van der Waals surface area (Å²) >= 11 is 0. The molecular formula is C60H38N8. The zero-order chi connectivity index (χ0) is 45.0. The lowest BCUT2D eigenvalue weighted by molar-refractivity contribution is 0.754. The van der Waals surface area contributed by atoms with Gasteiger partial charge in [-0.05, 0) is 68.8 Å². The van der Waals surface area contributed by atoms with Crippen LogP contribution in [0.4, 0.5) is 0 Å². The standard InChI is InChI=1S/C60H38N8/c1-3-15-37(16-4-1)55-63-57(67-59(65-55)49-25-11-7-21-43(49)41-19-13-31-61-35-41)39-27-29-47-51(33-39)53-45-23-9-10-24-46(45)54(47)52-34-40(28-30-48(52)53)58-64-56(38-17-5-2-6-18-38)66-60(68-58)50-26-12-8-22-44(50)42-20-14-32-62-36-42/h1-36,53-54H. The molecular weight excluding hydrogens is 833 g/mol. The first-order chi connectivity index (χ1) is 33.7. The Balaban J connectivity index is 0.943. The Labute approximate surface area is 392 Å². The van der Waals surface area contributed by atoms with Gasteiger partial charge in [-0.15, -0.1) is 0 Å². The van der Waals surface area contributed by atoms with E-state index in [4.69, 9.17) is 29.9 Å². The molecule has 0 amide bonds. The zero-order valence-corrected chi connectivity index (χ0v) is 36.5. The third-order valence-corrected chi connectivity index (χ3v) is 13.2. The first-order valence-electron chi connectivity index (χ1n) is 22.7. The Bertz CT molecular complexity index is 3450. The fourth-order valence-corrected chi connectivity index (χ4v) is 10.1. The highest BCUT2D eigenvalue weighted by molar-refractivity contribution is 5.83. The second kappa shape index (κ2) is 16.4. The van der Waals surface area contributed by atoms with Gasteiger partial charge in [0.05, 0.1) is 0 Å². The molecule has 0 spiro atoms. The molecule has 0 fully saturated rings. The molecule has 0 N–H and O–H groups in total. The lowest BCUT2D eigenvalue weighted by atomic mass is 9.61. The number of rotatable bonds is 8. The van der Waals surface area contributed by atoms with Crippen molar-refractivity contribution < 1.29 is 0 Å². The fraction of sp³-hybridized carbons (Fsp3) is 0.0333. The van der Waals surface area contributed by atoms with Crippen molar-refractivity contribution in [2.75, 3.05) is 0 Å². The Hall–Kier alpha value is -9.14. The summed E-state index contributed by atoms with van der Waals surface area (Å²) in [6.07, 6.45) is 7.34. The van der Waals surface area contributed by atoms with Gasteiger partial charge < -0.3 is 0 Å². The molecule has 0 saturated heterocycles. The highest BCUT2D eigenvalue weighted by atomic mass is 15.0. The van der Waals surface area contributed by atoms with Crippen LogP contribution in [0.25, 0.3) is 90.6 Å². The monoisotopic (exact) mass is 870 g/mol. The van der Waals surface area contributed by atoms with Gasteiger partial charge in [0, 0.05) is 81.1 Å². The molecule has 0 saturated carbocycles. The normalized spacial score (nSPS) is 14.2. The van der Waals surface area contributed by atoms with Crippen LogP contribution in [0.5, 0.6) is 0 Å². The summed E-state index contributed by atoms with van der Waals surface area (Å²) in [6, 6.07) is 67.2. The molecule has 3 aliphatic rings.